The molecule has 0 heterocycles. The largest absolute Gasteiger partial charge is 0.493 e. The summed E-state index contributed by atoms with van der Waals surface area (Å²) in [5.41, 5.74) is 0.475. The highest BCUT2D eigenvalue weighted by Crippen LogP contribution is 2.26. The summed E-state index contributed by atoms with van der Waals surface area (Å²) in [6.45, 7) is 4.04. The minimum absolute atomic E-state index is 0.00334. The summed E-state index contributed by atoms with van der Waals surface area (Å²) in [5.74, 6) is 0.633. The van der Waals surface area contributed by atoms with Crippen molar-refractivity contribution >= 4 is 6.29 Å². The van der Waals surface area contributed by atoms with Crippen molar-refractivity contribution in [2.24, 2.45) is 5.92 Å². The van der Waals surface area contributed by atoms with Gasteiger partial charge in [-0.1, -0.05) is 12.2 Å². The van der Waals surface area contributed by atoms with Crippen LogP contribution in [0.2, 0.25) is 0 Å². The van der Waals surface area contributed by atoms with Crippen LogP contribution in [0.25, 0.3) is 0 Å². The van der Waals surface area contributed by atoms with Crippen molar-refractivity contribution in [1.29, 1.82) is 0 Å². The molecule has 21 heavy (non-hydrogen) atoms. The van der Waals surface area contributed by atoms with Crippen molar-refractivity contribution in [3.05, 3.63) is 47.8 Å². The van der Waals surface area contributed by atoms with Gasteiger partial charge in [-0.2, -0.15) is 0 Å². The minimum atomic E-state index is -0.274. The van der Waals surface area contributed by atoms with Gasteiger partial charge in [0.1, 0.15) is 23.6 Å². The van der Waals surface area contributed by atoms with Crippen molar-refractivity contribution in [3.8, 4) is 11.5 Å². The zero-order valence-corrected chi connectivity index (χ0v) is 12.2. The summed E-state index contributed by atoms with van der Waals surface area (Å²) in [7, 11) is 0. The molecule has 0 N–H and O–H groups in total. The van der Waals surface area contributed by atoms with Crippen LogP contribution in [0.3, 0.4) is 0 Å². The Balaban J connectivity index is 2.06. The molecule has 1 unspecified atom stereocenters. The van der Waals surface area contributed by atoms with E-state index in [1.165, 1.54) is 6.08 Å². The van der Waals surface area contributed by atoms with Crippen LogP contribution < -0.4 is 9.47 Å². The quantitative estimate of drug-likeness (QED) is 0.740. The molecule has 0 aliphatic heterocycles. The van der Waals surface area contributed by atoms with E-state index >= 15 is 0 Å². The molecule has 0 fully saturated rings. The maximum absolute atomic E-state index is 13.6. The van der Waals surface area contributed by atoms with Crippen molar-refractivity contribution in [2.75, 3.05) is 6.61 Å². The van der Waals surface area contributed by atoms with E-state index in [9.17, 15) is 9.18 Å². The van der Waals surface area contributed by atoms with Crippen molar-refractivity contribution < 1.29 is 18.7 Å². The normalized spacial score (nSPS) is 17.5. The highest BCUT2D eigenvalue weighted by atomic mass is 19.1. The number of hydrogen-bond donors (Lipinski definition) is 0. The first-order valence-corrected chi connectivity index (χ1v) is 7.00. The molecule has 4 heteroatoms. The van der Waals surface area contributed by atoms with Crippen molar-refractivity contribution in [3.63, 3.8) is 0 Å². The monoisotopic (exact) mass is 290 g/mol. The second-order valence-electron chi connectivity index (χ2n) is 5.25. The van der Waals surface area contributed by atoms with E-state index in [4.69, 9.17) is 9.47 Å². The molecule has 0 spiro atoms. The maximum atomic E-state index is 13.6. The number of benzene rings is 1. The number of carbonyl (C=O) groups is 1. The Bertz CT molecular complexity index is 561. The molecule has 0 radical (unpaired) electrons. The Morgan fingerprint density at radius 1 is 1.33 bits per heavy atom. The zero-order valence-electron chi connectivity index (χ0n) is 12.2. The molecule has 0 bridgehead atoms. The number of aldehydes is 1. The SMILES string of the molecule is CC(C)Oc1cc(C=O)cc(OCC2CC=CC=C2F)c1. The van der Waals surface area contributed by atoms with Gasteiger partial charge in [0.25, 0.3) is 0 Å². The first-order chi connectivity index (χ1) is 10.1. The summed E-state index contributed by atoms with van der Waals surface area (Å²) in [6, 6.07) is 5.00. The smallest absolute Gasteiger partial charge is 0.150 e. The van der Waals surface area contributed by atoms with E-state index in [0.29, 0.717) is 23.5 Å². The number of ether oxygens (including phenoxy) is 2. The van der Waals surface area contributed by atoms with Gasteiger partial charge in [-0.05, 0) is 38.5 Å². The van der Waals surface area contributed by atoms with Crippen LogP contribution in [-0.4, -0.2) is 19.0 Å². The van der Waals surface area contributed by atoms with Crippen LogP contribution >= 0.6 is 0 Å². The number of allylic oxidation sites excluding steroid dienone is 3. The van der Waals surface area contributed by atoms with Crippen LogP contribution in [0.5, 0.6) is 11.5 Å². The van der Waals surface area contributed by atoms with Gasteiger partial charge in [-0.15, -0.1) is 0 Å². The number of hydrogen-bond acceptors (Lipinski definition) is 3. The summed E-state index contributed by atoms with van der Waals surface area (Å²) in [4.78, 5) is 11.0. The van der Waals surface area contributed by atoms with Gasteiger partial charge in [0.05, 0.1) is 12.7 Å². The predicted octanol–water partition coefficient (Wildman–Crippen LogP) is 4.09. The van der Waals surface area contributed by atoms with Crippen LogP contribution in [0.4, 0.5) is 4.39 Å². The Morgan fingerprint density at radius 3 is 2.76 bits per heavy atom. The van der Waals surface area contributed by atoms with E-state index in [1.54, 1.807) is 24.3 Å². The molecule has 3 nitrogen and oxygen atoms in total. The molecule has 1 aliphatic carbocycles. The van der Waals surface area contributed by atoms with E-state index in [1.807, 2.05) is 19.9 Å². The lowest BCUT2D eigenvalue weighted by molar-refractivity contribution is 0.112. The van der Waals surface area contributed by atoms with Gasteiger partial charge in [0.15, 0.2) is 0 Å². The molecular weight excluding hydrogens is 271 g/mol. The molecule has 2 rings (SSSR count). The van der Waals surface area contributed by atoms with Crippen LogP contribution in [-0.2, 0) is 0 Å². The van der Waals surface area contributed by atoms with Gasteiger partial charge < -0.3 is 9.47 Å². The molecular formula is C17H19FO3. The molecule has 0 amide bonds. The molecule has 1 atom stereocenters. The molecule has 112 valence electrons. The Labute approximate surface area is 124 Å². The molecule has 0 aromatic heterocycles. The molecule has 1 aromatic rings. The lowest BCUT2D eigenvalue weighted by atomic mass is 10.0. The summed E-state index contributed by atoms with van der Waals surface area (Å²) >= 11 is 0. The number of halogens is 1. The van der Waals surface area contributed by atoms with Gasteiger partial charge in [-0.3, -0.25) is 4.79 Å². The molecule has 1 aromatic carbocycles. The fourth-order valence-corrected chi connectivity index (χ4v) is 2.08. The van der Waals surface area contributed by atoms with Gasteiger partial charge in [0.2, 0.25) is 0 Å². The van der Waals surface area contributed by atoms with Crippen LogP contribution in [0, 0.1) is 5.92 Å². The maximum Gasteiger partial charge on any atom is 0.150 e. The Morgan fingerprint density at radius 2 is 2.10 bits per heavy atom. The van der Waals surface area contributed by atoms with Crippen molar-refractivity contribution in [1.82, 2.24) is 0 Å². The van der Waals surface area contributed by atoms with Crippen molar-refractivity contribution in [2.45, 2.75) is 26.4 Å². The Kier molecular flexibility index (Phi) is 5.14. The lowest BCUT2D eigenvalue weighted by Gasteiger charge is -2.17. The molecule has 0 saturated carbocycles. The summed E-state index contributed by atoms with van der Waals surface area (Å²) in [5, 5.41) is 0. The van der Waals surface area contributed by atoms with Crippen LogP contribution in [0.1, 0.15) is 30.6 Å². The molecule has 1 aliphatic rings. The third-order valence-electron chi connectivity index (χ3n) is 3.06. The lowest BCUT2D eigenvalue weighted by Crippen LogP contribution is -2.14. The predicted molar refractivity (Wildman–Crippen MR) is 79.5 cm³/mol. The number of rotatable bonds is 6. The fraction of sp³-hybridized carbons (Fsp3) is 0.353. The van der Waals surface area contributed by atoms with E-state index in [2.05, 4.69) is 0 Å². The first kappa shape index (κ1) is 15.3. The minimum Gasteiger partial charge on any atom is -0.493 e. The van der Waals surface area contributed by atoms with E-state index in [0.717, 1.165) is 6.29 Å². The number of carbonyl (C=O) groups excluding carboxylic acids is 1. The van der Waals surface area contributed by atoms with Gasteiger partial charge in [0, 0.05) is 17.5 Å². The topological polar surface area (TPSA) is 35.5 Å². The second-order valence-corrected chi connectivity index (χ2v) is 5.25. The highest BCUT2D eigenvalue weighted by Gasteiger charge is 2.16. The zero-order chi connectivity index (χ0) is 15.2. The summed E-state index contributed by atoms with van der Waals surface area (Å²) < 4.78 is 24.8. The average Bonchev–Trinajstić information content (AvgIpc) is 2.45. The third-order valence-corrected chi connectivity index (χ3v) is 3.06. The van der Waals surface area contributed by atoms with E-state index in [-0.39, 0.29) is 24.5 Å². The third kappa shape index (κ3) is 4.45. The first-order valence-electron chi connectivity index (χ1n) is 7.00. The van der Waals surface area contributed by atoms with Crippen LogP contribution in [0.15, 0.2) is 42.3 Å². The molecule has 0 saturated heterocycles. The van der Waals surface area contributed by atoms with Gasteiger partial charge in [-0.25, -0.2) is 4.39 Å². The standard InChI is InChI=1S/C17H19FO3/c1-12(2)21-16-8-13(10-19)7-15(9-16)20-11-14-5-3-4-6-17(14)18/h3-4,6-10,12,14H,5,11H2,1-2H3. The second kappa shape index (κ2) is 7.07. The fourth-order valence-electron chi connectivity index (χ4n) is 2.08. The highest BCUT2D eigenvalue weighted by molar-refractivity contribution is 5.76. The summed E-state index contributed by atoms with van der Waals surface area (Å²) in [6.07, 6.45) is 6.42. The Hall–Kier alpha value is -2.10. The average molecular weight is 290 g/mol. The van der Waals surface area contributed by atoms with E-state index < -0.39 is 0 Å². The van der Waals surface area contributed by atoms with Gasteiger partial charge >= 0.3 is 0 Å².